The molecule has 0 aliphatic rings. The summed E-state index contributed by atoms with van der Waals surface area (Å²) in [6.45, 7) is 2.51. The van der Waals surface area contributed by atoms with E-state index in [9.17, 15) is 31.2 Å². The van der Waals surface area contributed by atoms with Crippen LogP contribution in [0.1, 0.15) is 25.8 Å². The fraction of sp³-hybridized carbons (Fsp3) is 0.467. The summed E-state index contributed by atoms with van der Waals surface area (Å²) in [4.78, 5) is 22.2. The molecule has 0 bridgehead atoms. The minimum absolute atomic E-state index is 0.325. The van der Waals surface area contributed by atoms with Crippen molar-refractivity contribution >= 4 is 33.5 Å². The van der Waals surface area contributed by atoms with E-state index < -0.39 is 43.6 Å². The molecule has 0 atom stereocenters. The number of sulfonamides is 1. The van der Waals surface area contributed by atoms with Crippen molar-refractivity contribution in [3.8, 4) is 0 Å². The van der Waals surface area contributed by atoms with Crippen LogP contribution in [0.2, 0.25) is 5.02 Å². The standard InChI is InChI=1S/C15H18ClF3N2O5S/c1-9(2)26-14(23)8-20-13(22)5-6-21-27(24,25)10-3-4-12(16)11(7-10)15(17,18)19/h3-4,7,9,21H,5-6,8H2,1-2H3,(H,20,22). The third-order valence-electron chi connectivity index (χ3n) is 2.99. The predicted molar refractivity (Wildman–Crippen MR) is 90.5 cm³/mol. The molecule has 0 heterocycles. The molecule has 0 aliphatic heterocycles. The van der Waals surface area contributed by atoms with Gasteiger partial charge in [0.05, 0.1) is 21.6 Å². The average Bonchev–Trinajstić information content (AvgIpc) is 2.51. The Morgan fingerprint density at radius 1 is 1.26 bits per heavy atom. The molecular weight excluding hydrogens is 413 g/mol. The summed E-state index contributed by atoms with van der Waals surface area (Å²) >= 11 is 5.44. The van der Waals surface area contributed by atoms with Gasteiger partial charge >= 0.3 is 12.1 Å². The van der Waals surface area contributed by atoms with Crippen molar-refractivity contribution in [2.75, 3.05) is 13.1 Å². The molecule has 1 amide bonds. The van der Waals surface area contributed by atoms with Gasteiger partial charge in [0, 0.05) is 13.0 Å². The highest BCUT2D eigenvalue weighted by Crippen LogP contribution is 2.35. The molecule has 152 valence electrons. The first kappa shape index (κ1) is 23.2. The largest absolute Gasteiger partial charge is 0.462 e. The fourth-order valence-electron chi connectivity index (χ4n) is 1.83. The zero-order valence-electron chi connectivity index (χ0n) is 14.4. The van der Waals surface area contributed by atoms with Gasteiger partial charge in [0.1, 0.15) is 6.54 Å². The van der Waals surface area contributed by atoms with Gasteiger partial charge in [-0.05, 0) is 32.0 Å². The van der Waals surface area contributed by atoms with Crippen LogP contribution in [0.15, 0.2) is 23.1 Å². The number of nitrogens with one attached hydrogen (secondary N) is 2. The lowest BCUT2D eigenvalue weighted by Crippen LogP contribution is -2.34. The van der Waals surface area contributed by atoms with Crippen LogP contribution in [-0.2, 0) is 30.5 Å². The SMILES string of the molecule is CC(C)OC(=O)CNC(=O)CCNS(=O)(=O)c1ccc(Cl)c(C(F)(F)F)c1. The Morgan fingerprint density at radius 3 is 2.44 bits per heavy atom. The lowest BCUT2D eigenvalue weighted by Gasteiger charge is -2.12. The summed E-state index contributed by atoms with van der Waals surface area (Å²) < 4.78 is 69.4. The molecule has 0 spiro atoms. The van der Waals surface area contributed by atoms with Gasteiger partial charge in [0.2, 0.25) is 15.9 Å². The highest BCUT2D eigenvalue weighted by Gasteiger charge is 2.34. The maximum atomic E-state index is 12.8. The molecule has 0 unspecified atom stereocenters. The van der Waals surface area contributed by atoms with Crippen LogP contribution in [-0.4, -0.2) is 39.5 Å². The monoisotopic (exact) mass is 430 g/mol. The number of hydrogen-bond acceptors (Lipinski definition) is 5. The second kappa shape index (κ2) is 9.38. The topological polar surface area (TPSA) is 102 Å². The summed E-state index contributed by atoms with van der Waals surface area (Å²) in [5, 5.41) is 1.61. The summed E-state index contributed by atoms with van der Waals surface area (Å²) in [5.74, 6) is -1.29. The fourth-order valence-corrected chi connectivity index (χ4v) is 3.12. The van der Waals surface area contributed by atoms with E-state index in [1.807, 2.05) is 4.72 Å². The number of benzene rings is 1. The number of halogens is 4. The third kappa shape index (κ3) is 7.73. The van der Waals surface area contributed by atoms with E-state index in [-0.39, 0.29) is 25.6 Å². The van der Waals surface area contributed by atoms with Crippen LogP contribution in [0, 0.1) is 0 Å². The Kier molecular flexibility index (Phi) is 8.05. The third-order valence-corrected chi connectivity index (χ3v) is 4.78. The molecule has 1 rings (SSSR count). The van der Waals surface area contributed by atoms with Crippen molar-refractivity contribution in [1.29, 1.82) is 0 Å². The van der Waals surface area contributed by atoms with E-state index in [4.69, 9.17) is 16.3 Å². The van der Waals surface area contributed by atoms with Gasteiger partial charge in [-0.2, -0.15) is 13.2 Å². The first-order chi connectivity index (χ1) is 12.3. The lowest BCUT2D eigenvalue weighted by molar-refractivity contribution is -0.147. The Labute approximate surface area is 159 Å². The maximum absolute atomic E-state index is 12.8. The normalized spacial score (nSPS) is 12.1. The molecule has 0 saturated heterocycles. The van der Waals surface area contributed by atoms with Crippen molar-refractivity contribution in [3.05, 3.63) is 28.8 Å². The van der Waals surface area contributed by atoms with Crippen molar-refractivity contribution in [3.63, 3.8) is 0 Å². The molecule has 7 nitrogen and oxygen atoms in total. The summed E-state index contributed by atoms with van der Waals surface area (Å²) in [6.07, 6.45) is -5.48. The number of hydrogen-bond donors (Lipinski definition) is 2. The van der Waals surface area contributed by atoms with Gasteiger partial charge in [-0.25, -0.2) is 13.1 Å². The van der Waals surface area contributed by atoms with Crippen molar-refractivity contribution in [2.45, 2.75) is 37.4 Å². The molecule has 12 heteroatoms. The number of carbonyl (C=O) groups excluding carboxylic acids is 2. The lowest BCUT2D eigenvalue weighted by atomic mass is 10.2. The number of ether oxygens (including phenoxy) is 1. The molecule has 1 aromatic rings. The minimum Gasteiger partial charge on any atom is -0.462 e. The molecule has 0 saturated carbocycles. The summed E-state index contributed by atoms with van der Waals surface area (Å²) in [5.41, 5.74) is -1.28. The predicted octanol–water partition coefficient (Wildman–Crippen LogP) is 2.10. The molecule has 0 fully saturated rings. The van der Waals surface area contributed by atoms with Crippen molar-refractivity contribution in [1.82, 2.24) is 10.0 Å². The summed E-state index contributed by atoms with van der Waals surface area (Å²) in [7, 11) is -4.28. The van der Waals surface area contributed by atoms with Gasteiger partial charge in [-0.15, -0.1) is 0 Å². The molecule has 2 N–H and O–H groups in total. The average molecular weight is 431 g/mol. The van der Waals surface area contributed by atoms with E-state index in [0.29, 0.717) is 6.07 Å². The van der Waals surface area contributed by atoms with E-state index in [1.165, 1.54) is 0 Å². The van der Waals surface area contributed by atoms with Crippen LogP contribution in [0.4, 0.5) is 13.2 Å². The first-order valence-corrected chi connectivity index (χ1v) is 9.51. The van der Waals surface area contributed by atoms with Crippen LogP contribution in [0.5, 0.6) is 0 Å². The molecule has 1 aromatic carbocycles. The smallest absolute Gasteiger partial charge is 0.417 e. The number of alkyl halides is 3. The van der Waals surface area contributed by atoms with Crippen LogP contribution < -0.4 is 10.0 Å². The van der Waals surface area contributed by atoms with Crippen LogP contribution in [0.3, 0.4) is 0 Å². The zero-order chi connectivity index (χ0) is 20.8. The van der Waals surface area contributed by atoms with E-state index in [1.54, 1.807) is 13.8 Å². The second-order valence-corrected chi connectivity index (χ2v) is 7.78. The highest BCUT2D eigenvalue weighted by atomic mass is 35.5. The molecule has 0 radical (unpaired) electrons. The highest BCUT2D eigenvalue weighted by molar-refractivity contribution is 7.89. The van der Waals surface area contributed by atoms with E-state index >= 15 is 0 Å². The number of carbonyl (C=O) groups is 2. The second-order valence-electron chi connectivity index (χ2n) is 5.60. The minimum atomic E-state index is -4.81. The molecule has 0 aliphatic carbocycles. The maximum Gasteiger partial charge on any atom is 0.417 e. The van der Waals surface area contributed by atoms with Crippen LogP contribution in [0.25, 0.3) is 0 Å². The molecule has 0 aromatic heterocycles. The Bertz CT molecular complexity index is 797. The zero-order valence-corrected chi connectivity index (χ0v) is 16.0. The van der Waals surface area contributed by atoms with Gasteiger partial charge in [-0.1, -0.05) is 11.6 Å². The quantitative estimate of drug-likeness (QED) is 0.615. The Morgan fingerprint density at radius 2 is 1.89 bits per heavy atom. The first-order valence-electron chi connectivity index (χ1n) is 7.65. The van der Waals surface area contributed by atoms with Gasteiger partial charge in [-0.3, -0.25) is 9.59 Å². The van der Waals surface area contributed by atoms with E-state index in [2.05, 4.69) is 5.32 Å². The van der Waals surface area contributed by atoms with Crippen molar-refractivity contribution in [2.24, 2.45) is 0 Å². The summed E-state index contributed by atoms with van der Waals surface area (Å²) in [6, 6.07) is 2.15. The van der Waals surface area contributed by atoms with Crippen molar-refractivity contribution < 1.29 is 35.9 Å². The van der Waals surface area contributed by atoms with Crippen LogP contribution >= 0.6 is 11.6 Å². The number of esters is 1. The van der Waals surface area contributed by atoms with E-state index in [0.717, 1.165) is 12.1 Å². The number of amides is 1. The Hall–Kier alpha value is -1.85. The van der Waals surface area contributed by atoms with Gasteiger partial charge < -0.3 is 10.1 Å². The molecule has 27 heavy (non-hydrogen) atoms. The Balaban J connectivity index is 2.62. The molecular formula is C15H18ClF3N2O5S. The number of rotatable bonds is 8. The van der Waals surface area contributed by atoms with Gasteiger partial charge in [0.15, 0.2) is 0 Å². The van der Waals surface area contributed by atoms with Gasteiger partial charge in [0.25, 0.3) is 0 Å².